The SMILES string of the molecule is Cc1cnoc1C(=O)Nc1ccc(O)cc1Cl. The number of aryl methyl sites for hydroxylation is 1. The first-order valence-electron chi connectivity index (χ1n) is 4.79. The first-order chi connectivity index (χ1) is 8.08. The molecule has 0 unspecified atom stereocenters. The molecule has 0 spiro atoms. The number of hydrogen-bond donors (Lipinski definition) is 2. The molecule has 6 heteroatoms. The van der Waals surface area contributed by atoms with Gasteiger partial charge in [0.2, 0.25) is 5.76 Å². The number of hydrogen-bond acceptors (Lipinski definition) is 4. The maximum absolute atomic E-state index is 11.8. The van der Waals surface area contributed by atoms with Crippen molar-refractivity contribution in [2.24, 2.45) is 0 Å². The van der Waals surface area contributed by atoms with E-state index in [2.05, 4.69) is 10.5 Å². The number of nitrogens with one attached hydrogen (secondary N) is 1. The molecule has 0 aliphatic heterocycles. The van der Waals surface area contributed by atoms with Gasteiger partial charge in [-0.2, -0.15) is 0 Å². The molecular formula is C11H9ClN2O3. The number of benzene rings is 1. The molecule has 0 saturated heterocycles. The van der Waals surface area contributed by atoms with Crippen LogP contribution in [0.4, 0.5) is 5.69 Å². The molecule has 17 heavy (non-hydrogen) atoms. The van der Waals surface area contributed by atoms with E-state index in [9.17, 15) is 9.90 Å². The standard InChI is InChI=1S/C11H9ClN2O3/c1-6-5-13-17-10(6)11(16)14-9-3-2-7(15)4-8(9)12/h2-5,15H,1H3,(H,14,16). The third-order valence-corrected chi connectivity index (χ3v) is 2.47. The van der Waals surface area contributed by atoms with Crippen LogP contribution < -0.4 is 5.32 Å². The van der Waals surface area contributed by atoms with E-state index in [0.717, 1.165) is 0 Å². The van der Waals surface area contributed by atoms with E-state index in [1.54, 1.807) is 6.92 Å². The summed E-state index contributed by atoms with van der Waals surface area (Å²) in [6, 6.07) is 4.26. The van der Waals surface area contributed by atoms with Gasteiger partial charge in [0.1, 0.15) is 5.75 Å². The highest BCUT2D eigenvalue weighted by atomic mass is 35.5. The minimum Gasteiger partial charge on any atom is -0.508 e. The first-order valence-corrected chi connectivity index (χ1v) is 5.17. The second-order valence-corrected chi connectivity index (χ2v) is 3.86. The molecule has 2 aromatic rings. The molecule has 0 bridgehead atoms. The molecule has 1 aromatic carbocycles. The van der Waals surface area contributed by atoms with Gasteiger partial charge < -0.3 is 14.9 Å². The van der Waals surface area contributed by atoms with E-state index in [4.69, 9.17) is 16.1 Å². The van der Waals surface area contributed by atoms with E-state index >= 15 is 0 Å². The summed E-state index contributed by atoms with van der Waals surface area (Å²) in [4.78, 5) is 11.8. The maximum atomic E-state index is 11.8. The number of aromatic nitrogens is 1. The first kappa shape index (κ1) is 11.5. The van der Waals surface area contributed by atoms with Gasteiger partial charge in [-0.1, -0.05) is 16.8 Å². The van der Waals surface area contributed by atoms with Gasteiger partial charge in [0.05, 0.1) is 16.9 Å². The Hall–Kier alpha value is -2.01. The molecule has 0 fully saturated rings. The smallest absolute Gasteiger partial charge is 0.294 e. The second kappa shape index (κ2) is 4.47. The largest absolute Gasteiger partial charge is 0.508 e. The third kappa shape index (κ3) is 2.39. The fourth-order valence-electron chi connectivity index (χ4n) is 1.29. The lowest BCUT2D eigenvalue weighted by molar-refractivity contribution is 0.0987. The Kier molecular flexibility index (Phi) is 3.01. The van der Waals surface area contributed by atoms with Gasteiger partial charge in [-0.25, -0.2) is 0 Å². The summed E-state index contributed by atoms with van der Waals surface area (Å²) in [5, 5.41) is 15.5. The van der Waals surface area contributed by atoms with Crippen molar-refractivity contribution in [3.8, 4) is 5.75 Å². The van der Waals surface area contributed by atoms with Crippen LogP contribution in [0.15, 0.2) is 28.9 Å². The fourth-order valence-corrected chi connectivity index (χ4v) is 1.52. The number of nitrogens with zero attached hydrogens (tertiary/aromatic N) is 1. The van der Waals surface area contributed by atoms with Crippen LogP contribution in [0.5, 0.6) is 5.75 Å². The minimum atomic E-state index is -0.437. The summed E-state index contributed by atoms with van der Waals surface area (Å²) in [6.45, 7) is 1.71. The zero-order chi connectivity index (χ0) is 12.4. The van der Waals surface area contributed by atoms with Crippen molar-refractivity contribution < 1.29 is 14.4 Å². The average molecular weight is 253 g/mol. The van der Waals surface area contributed by atoms with E-state index in [-0.39, 0.29) is 16.5 Å². The van der Waals surface area contributed by atoms with Gasteiger partial charge in [-0.15, -0.1) is 0 Å². The van der Waals surface area contributed by atoms with Crippen LogP contribution in [-0.4, -0.2) is 16.2 Å². The van der Waals surface area contributed by atoms with E-state index in [1.165, 1.54) is 24.4 Å². The number of rotatable bonds is 2. The van der Waals surface area contributed by atoms with Crippen molar-refractivity contribution in [2.45, 2.75) is 6.92 Å². The number of halogens is 1. The molecule has 1 amide bonds. The monoisotopic (exact) mass is 252 g/mol. The quantitative estimate of drug-likeness (QED) is 0.806. The van der Waals surface area contributed by atoms with Gasteiger partial charge in [0.15, 0.2) is 0 Å². The summed E-state index contributed by atoms with van der Waals surface area (Å²) in [7, 11) is 0. The summed E-state index contributed by atoms with van der Waals surface area (Å²) in [5.41, 5.74) is 1.03. The van der Waals surface area contributed by atoms with Crippen LogP contribution >= 0.6 is 11.6 Å². The van der Waals surface area contributed by atoms with Crippen LogP contribution in [0, 0.1) is 6.92 Å². The molecular weight excluding hydrogens is 244 g/mol. The van der Waals surface area contributed by atoms with Crippen molar-refractivity contribution in [3.63, 3.8) is 0 Å². The lowest BCUT2D eigenvalue weighted by Crippen LogP contribution is -2.12. The number of amides is 1. The van der Waals surface area contributed by atoms with Crippen molar-refractivity contribution in [2.75, 3.05) is 5.32 Å². The zero-order valence-electron chi connectivity index (χ0n) is 8.90. The highest BCUT2D eigenvalue weighted by molar-refractivity contribution is 6.34. The Morgan fingerprint density at radius 3 is 2.88 bits per heavy atom. The summed E-state index contributed by atoms with van der Waals surface area (Å²) < 4.78 is 4.81. The van der Waals surface area contributed by atoms with E-state index < -0.39 is 5.91 Å². The molecule has 0 atom stereocenters. The third-order valence-electron chi connectivity index (χ3n) is 2.16. The molecule has 0 aliphatic rings. The van der Waals surface area contributed by atoms with Crippen LogP contribution in [-0.2, 0) is 0 Å². The zero-order valence-corrected chi connectivity index (χ0v) is 9.65. The molecule has 1 aromatic heterocycles. The molecule has 0 radical (unpaired) electrons. The second-order valence-electron chi connectivity index (χ2n) is 3.46. The van der Waals surface area contributed by atoms with Crippen LogP contribution in [0.25, 0.3) is 0 Å². The highest BCUT2D eigenvalue weighted by Crippen LogP contribution is 2.26. The van der Waals surface area contributed by atoms with Crippen LogP contribution in [0.1, 0.15) is 16.1 Å². The summed E-state index contributed by atoms with van der Waals surface area (Å²) in [6.07, 6.45) is 1.45. The Bertz CT molecular complexity index is 566. The van der Waals surface area contributed by atoms with Crippen LogP contribution in [0.3, 0.4) is 0 Å². The molecule has 2 N–H and O–H groups in total. The van der Waals surface area contributed by atoms with Crippen molar-refractivity contribution in [3.05, 3.63) is 40.7 Å². The number of carbonyl (C=O) groups is 1. The molecule has 5 nitrogen and oxygen atoms in total. The topological polar surface area (TPSA) is 75.4 Å². The number of anilines is 1. The number of carbonyl (C=O) groups excluding carboxylic acids is 1. The Balaban J connectivity index is 2.22. The van der Waals surface area contributed by atoms with Crippen molar-refractivity contribution in [1.29, 1.82) is 0 Å². The predicted molar refractivity (Wildman–Crippen MR) is 62.3 cm³/mol. The van der Waals surface area contributed by atoms with Crippen molar-refractivity contribution >= 4 is 23.2 Å². The molecule has 1 heterocycles. The number of phenols is 1. The number of phenolic OH excluding ortho intramolecular Hbond substituents is 1. The van der Waals surface area contributed by atoms with Gasteiger partial charge in [-0.3, -0.25) is 4.79 Å². The van der Waals surface area contributed by atoms with Crippen LogP contribution in [0.2, 0.25) is 5.02 Å². The van der Waals surface area contributed by atoms with Gasteiger partial charge in [0.25, 0.3) is 5.91 Å². The highest BCUT2D eigenvalue weighted by Gasteiger charge is 2.15. The van der Waals surface area contributed by atoms with Gasteiger partial charge in [-0.05, 0) is 19.1 Å². The van der Waals surface area contributed by atoms with Crippen molar-refractivity contribution in [1.82, 2.24) is 5.16 Å². The molecule has 88 valence electrons. The number of aromatic hydroxyl groups is 1. The van der Waals surface area contributed by atoms with E-state index in [1.807, 2.05) is 0 Å². The van der Waals surface area contributed by atoms with Gasteiger partial charge >= 0.3 is 0 Å². The normalized spacial score (nSPS) is 10.2. The summed E-state index contributed by atoms with van der Waals surface area (Å²) >= 11 is 5.85. The fraction of sp³-hybridized carbons (Fsp3) is 0.0909. The van der Waals surface area contributed by atoms with E-state index in [0.29, 0.717) is 11.3 Å². The molecule has 0 aliphatic carbocycles. The average Bonchev–Trinajstić information content (AvgIpc) is 2.68. The molecule has 2 rings (SSSR count). The minimum absolute atomic E-state index is 0.0313. The summed E-state index contributed by atoms with van der Waals surface area (Å²) in [5.74, 6) is -0.273. The Labute approximate surface area is 102 Å². The van der Waals surface area contributed by atoms with Gasteiger partial charge in [0, 0.05) is 11.6 Å². The predicted octanol–water partition coefficient (Wildman–Crippen LogP) is 2.59. The lowest BCUT2D eigenvalue weighted by atomic mass is 10.2. The lowest BCUT2D eigenvalue weighted by Gasteiger charge is -2.05. The Morgan fingerprint density at radius 2 is 2.29 bits per heavy atom. The Morgan fingerprint density at radius 1 is 1.53 bits per heavy atom. The molecule has 0 saturated carbocycles. The maximum Gasteiger partial charge on any atom is 0.294 e.